The molecule has 1 unspecified atom stereocenters. The van der Waals surface area contributed by atoms with Crippen LogP contribution in [0.1, 0.15) is 33.5 Å². The molecule has 1 aliphatic heterocycles. The number of benzene rings is 1. The van der Waals surface area contributed by atoms with E-state index in [-0.39, 0.29) is 10.6 Å². The smallest absolute Gasteiger partial charge is 0.322 e. The Kier molecular flexibility index (Phi) is 5.14. The third kappa shape index (κ3) is 3.72. The lowest BCUT2D eigenvalue weighted by Gasteiger charge is -2.21. The van der Waals surface area contributed by atoms with Gasteiger partial charge in [-0.25, -0.2) is 4.79 Å². The molecule has 1 aliphatic rings. The summed E-state index contributed by atoms with van der Waals surface area (Å²) in [5.74, 6) is -1.33. The van der Waals surface area contributed by atoms with Crippen LogP contribution < -0.4 is 10.7 Å². The Morgan fingerprint density at radius 1 is 1.32 bits per heavy atom. The molecule has 0 radical (unpaired) electrons. The monoisotopic (exact) mass is 402 g/mol. The molecule has 2 N–H and O–H groups in total. The van der Waals surface area contributed by atoms with Crippen molar-refractivity contribution in [3.8, 4) is 0 Å². The van der Waals surface area contributed by atoms with Crippen molar-refractivity contribution in [1.82, 2.24) is 15.8 Å². The molecule has 1 fully saturated rings. The minimum atomic E-state index is -1.16. The highest BCUT2D eigenvalue weighted by Gasteiger charge is 2.48. The highest BCUT2D eigenvalue weighted by atomic mass is 32.1. The van der Waals surface area contributed by atoms with Gasteiger partial charge >= 0.3 is 6.03 Å². The highest BCUT2D eigenvalue weighted by Crippen LogP contribution is 2.28. The van der Waals surface area contributed by atoms with E-state index < -0.39 is 28.3 Å². The fourth-order valence-corrected chi connectivity index (χ4v) is 3.79. The normalized spacial score (nSPS) is 18.9. The van der Waals surface area contributed by atoms with Crippen molar-refractivity contribution in [2.45, 2.75) is 32.2 Å². The first kappa shape index (κ1) is 19.5. The van der Waals surface area contributed by atoms with Gasteiger partial charge < -0.3 is 5.32 Å². The number of nitro groups is 1. The molecule has 1 saturated heterocycles. The predicted octanol–water partition coefficient (Wildman–Crippen LogP) is 2.55. The summed E-state index contributed by atoms with van der Waals surface area (Å²) in [6.45, 7) is 3.12. The maximum Gasteiger partial charge on any atom is 0.344 e. The van der Waals surface area contributed by atoms with E-state index in [4.69, 9.17) is 0 Å². The Morgan fingerprint density at radius 3 is 2.61 bits per heavy atom. The minimum absolute atomic E-state index is 0.0442. The van der Waals surface area contributed by atoms with Crippen molar-refractivity contribution >= 4 is 34.9 Å². The molecule has 0 spiro atoms. The Bertz CT molecular complexity index is 958. The maximum absolute atomic E-state index is 12.7. The van der Waals surface area contributed by atoms with Crippen LogP contribution in [0.5, 0.6) is 0 Å². The molecule has 1 aromatic heterocycles. The zero-order chi connectivity index (χ0) is 20.5. The van der Waals surface area contributed by atoms with Crippen molar-refractivity contribution in [2.24, 2.45) is 0 Å². The first-order valence-corrected chi connectivity index (χ1v) is 9.29. The summed E-state index contributed by atoms with van der Waals surface area (Å²) >= 11 is 0.921. The number of hydrogen-bond donors (Lipinski definition) is 2. The summed E-state index contributed by atoms with van der Waals surface area (Å²) < 4.78 is 0. The topological polar surface area (TPSA) is 122 Å². The summed E-state index contributed by atoms with van der Waals surface area (Å²) in [5.41, 5.74) is 1.94. The van der Waals surface area contributed by atoms with E-state index in [2.05, 4.69) is 10.7 Å². The van der Waals surface area contributed by atoms with Gasteiger partial charge in [-0.15, -0.1) is 11.3 Å². The van der Waals surface area contributed by atoms with E-state index >= 15 is 0 Å². The van der Waals surface area contributed by atoms with Crippen LogP contribution in [0.15, 0.2) is 36.4 Å². The zero-order valence-electron chi connectivity index (χ0n) is 15.2. The quantitative estimate of drug-likeness (QED) is 0.437. The summed E-state index contributed by atoms with van der Waals surface area (Å²) in [6.07, 6.45) is 0.930. The van der Waals surface area contributed by atoms with Gasteiger partial charge in [0.25, 0.3) is 17.5 Å². The molecule has 0 bridgehead atoms. The Hall–Kier alpha value is -3.27. The van der Waals surface area contributed by atoms with Crippen LogP contribution in [-0.2, 0) is 11.2 Å². The van der Waals surface area contributed by atoms with Gasteiger partial charge in [0.05, 0.1) is 9.80 Å². The molecule has 10 heteroatoms. The standard InChI is InChI=1S/C18H18N4O5S/c1-11-13(22(26)27)10-14(28-11)15(23)20-21-16(24)18(2,19-17(21)25)9-8-12-6-4-3-5-7-12/h3-7,10H,8-9H2,1-2H3,(H,19,25)(H,20,23). The lowest BCUT2D eigenvalue weighted by Crippen LogP contribution is -2.48. The molecule has 2 heterocycles. The molecule has 3 rings (SSSR count). The Balaban J connectivity index is 1.70. The summed E-state index contributed by atoms with van der Waals surface area (Å²) in [7, 11) is 0. The molecule has 0 aliphatic carbocycles. The number of hydrazine groups is 1. The Labute approximate surface area is 164 Å². The molecular formula is C18H18N4O5S. The second-order valence-corrected chi connectivity index (χ2v) is 7.89. The van der Waals surface area contributed by atoms with Crippen LogP contribution in [0.25, 0.3) is 0 Å². The summed E-state index contributed by atoms with van der Waals surface area (Å²) in [5, 5.41) is 14.2. The van der Waals surface area contributed by atoms with E-state index in [1.54, 1.807) is 6.92 Å². The van der Waals surface area contributed by atoms with Crippen molar-refractivity contribution < 1.29 is 19.3 Å². The predicted molar refractivity (Wildman–Crippen MR) is 102 cm³/mol. The first-order chi connectivity index (χ1) is 13.2. The van der Waals surface area contributed by atoms with Crippen molar-refractivity contribution in [3.63, 3.8) is 0 Å². The van der Waals surface area contributed by atoms with Crippen molar-refractivity contribution in [1.29, 1.82) is 0 Å². The van der Waals surface area contributed by atoms with Gasteiger partial charge in [0.2, 0.25) is 0 Å². The number of rotatable bonds is 6. The van der Waals surface area contributed by atoms with Crippen molar-refractivity contribution in [2.75, 3.05) is 0 Å². The molecule has 28 heavy (non-hydrogen) atoms. The Morgan fingerprint density at radius 2 is 2.00 bits per heavy atom. The van der Waals surface area contributed by atoms with E-state index in [9.17, 15) is 24.5 Å². The average Bonchev–Trinajstić information content (AvgIpc) is 3.15. The molecule has 146 valence electrons. The number of amides is 4. The molecule has 1 atom stereocenters. The van der Waals surface area contributed by atoms with E-state index in [1.165, 1.54) is 6.92 Å². The average molecular weight is 402 g/mol. The number of thiophene rings is 1. The number of hydrogen-bond acceptors (Lipinski definition) is 6. The van der Waals surface area contributed by atoms with Crippen LogP contribution in [0.4, 0.5) is 10.5 Å². The van der Waals surface area contributed by atoms with Crippen LogP contribution >= 0.6 is 11.3 Å². The number of imide groups is 1. The third-order valence-electron chi connectivity index (χ3n) is 4.54. The van der Waals surface area contributed by atoms with Gasteiger partial charge in [-0.3, -0.25) is 25.1 Å². The van der Waals surface area contributed by atoms with Crippen LogP contribution in [0.3, 0.4) is 0 Å². The second kappa shape index (κ2) is 7.39. The number of aryl methyl sites for hydroxylation is 2. The van der Waals surface area contributed by atoms with Gasteiger partial charge in [0, 0.05) is 6.07 Å². The van der Waals surface area contributed by atoms with Crippen LogP contribution in [0.2, 0.25) is 0 Å². The lowest BCUT2D eigenvalue weighted by molar-refractivity contribution is -0.385. The molecule has 2 aromatic rings. The molecular weight excluding hydrogens is 384 g/mol. The fourth-order valence-electron chi connectivity index (χ4n) is 2.92. The van der Waals surface area contributed by atoms with E-state index in [0.717, 1.165) is 23.0 Å². The zero-order valence-corrected chi connectivity index (χ0v) is 16.0. The largest absolute Gasteiger partial charge is 0.344 e. The number of nitrogens with zero attached hydrogens (tertiary/aromatic N) is 2. The summed E-state index contributed by atoms with van der Waals surface area (Å²) in [6, 6.07) is 9.91. The van der Waals surface area contributed by atoms with E-state index in [1.807, 2.05) is 30.3 Å². The number of urea groups is 1. The van der Waals surface area contributed by atoms with E-state index in [0.29, 0.717) is 22.7 Å². The molecule has 9 nitrogen and oxygen atoms in total. The summed E-state index contributed by atoms with van der Waals surface area (Å²) in [4.78, 5) is 48.1. The molecule has 1 aromatic carbocycles. The number of carbonyl (C=O) groups is 3. The van der Waals surface area contributed by atoms with Gasteiger partial charge in [0.1, 0.15) is 10.4 Å². The molecule has 0 saturated carbocycles. The van der Waals surface area contributed by atoms with Crippen LogP contribution in [0, 0.1) is 17.0 Å². The van der Waals surface area contributed by atoms with Crippen molar-refractivity contribution in [3.05, 3.63) is 61.8 Å². The fraction of sp³-hybridized carbons (Fsp3) is 0.278. The molecule has 4 amide bonds. The first-order valence-electron chi connectivity index (χ1n) is 8.48. The maximum atomic E-state index is 12.7. The lowest BCUT2D eigenvalue weighted by atomic mass is 9.93. The van der Waals surface area contributed by atoms with Crippen LogP contribution in [-0.4, -0.2) is 33.3 Å². The van der Waals surface area contributed by atoms with Gasteiger partial charge in [-0.1, -0.05) is 30.3 Å². The number of carbonyl (C=O) groups excluding carboxylic acids is 3. The second-order valence-electron chi connectivity index (χ2n) is 6.64. The third-order valence-corrected chi connectivity index (χ3v) is 5.58. The minimum Gasteiger partial charge on any atom is -0.322 e. The number of nitrogens with one attached hydrogen (secondary N) is 2. The highest BCUT2D eigenvalue weighted by molar-refractivity contribution is 7.14. The van der Waals surface area contributed by atoms with Gasteiger partial charge in [0.15, 0.2) is 0 Å². The van der Waals surface area contributed by atoms with Gasteiger partial charge in [-0.2, -0.15) is 5.01 Å². The SMILES string of the molecule is Cc1sc(C(=O)NN2C(=O)NC(C)(CCc3ccccc3)C2=O)cc1[N+](=O)[O-]. The van der Waals surface area contributed by atoms with Gasteiger partial charge in [-0.05, 0) is 32.3 Å².